The maximum Gasteiger partial charge on any atom is 0.264 e. The van der Waals surface area contributed by atoms with Crippen molar-refractivity contribution in [2.24, 2.45) is 0 Å². The Hall–Kier alpha value is -6.20. The lowest BCUT2D eigenvalue weighted by molar-refractivity contribution is -0.136. The molecule has 16 nitrogen and oxygen atoms in total. The number of aromatic amines is 1. The van der Waals surface area contributed by atoms with Crippen molar-refractivity contribution in [1.29, 1.82) is 0 Å². The molecule has 0 aliphatic carbocycles. The van der Waals surface area contributed by atoms with E-state index in [2.05, 4.69) is 41.4 Å². The molecule has 0 bridgehead atoms. The van der Waals surface area contributed by atoms with E-state index >= 15 is 0 Å². The Balaban J connectivity index is 0.752. The molecule has 17 heteroatoms. The number of nitrogens with zero attached hydrogens (tertiary/aromatic N) is 3. The largest absolute Gasteiger partial charge is 0.384 e. The Bertz CT molecular complexity index is 2260. The van der Waals surface area contributed by atoms with Crippen molar-refractivity contribution in [3.05, 3.63) is 81.4 Å². The molecule has 6 N–H and O–H groups in total. The van der Waals surface area contributed by atoms with Crippen LogP contribution in [0.5, 0.6) is 0 Å². The predicted molar refractivity (Wildman–Crippen MR) is 221 cm³/mol. The lowest BCUT2D eigenvalue weighted by Gasteiger charge is -2.34. The number of carbonyl (C=O) groups is 7. The van der Waals surface area contributed by atoms with Crippen LogP contribution in [-0.2, 0) is 19.2 Å². The van der Waals surface area contributed by atoms with E-state index in [0.717, 1.165) is 57.0 Å². The molecule has 5 heterocycles. The fourth-order valence-electron chi connectivity index (χ4n) is 8.29. The van der Waals surface area contributed by atoms with Gasteiger partial charge >= 0.3 is 0 Å². The summed E-state index contributed by atoms with van der Waals surface area (Å²) < 4.78 is 13.9. The lowest BCUT2D eigenvalue weighted by atomic mass is 10.0. The fourth-order valence-corrected chi connectivity index (χ4v) is 8.29. The number of halogens is 1. The highest BCUT2D eigenvalue weighted by atomic mass is 19.1. The molecule has 0 radical (unpaired) electrons. The first kappa shape index (κ1) is 41.9. The monoisotopic (exact) mass is 823 g/mol. The Morgan fingerprint density at radius 1 is 0.850 bits per heavy atom. The van der Waals surface area contributed by atoms with Crippen molar-refractivity contribution in [2.75, 3.05) is 69.5 Å². The first-order valence-corrected chi connectivity index (χ1v) is 20.5. The standard InChI is InChI=1S/C43H50FN9O7/c1-25-33(24-30-29-23-27(44)10-11-31(29)49-39(30)56)48-26(2)37(25)41(58)47-16-6-18-52-21-19-51(20-22-52)17-4-9-35(54)46-15-5-14-45-32-8-3-7-28-38(32)43(60)53(42(28)59)34-12-13-36(55)50-40(34)57/h3,7-8,10-11,23-24,34,45,48H,4-6,9,12-22H2,1-2H3,(H,46,54)(H,47,58)(H,49,56)(H,50,55,57)/b30-24-. The predicted octanol–water partition coefficient (Wildman–Crippen LogP) is 2.80. The minimum Gasteiger partial charge on any atom is -0.384 e. The Morgan fingerprint density at radius 2 is 1.58 bits per heavy atom. The van der Waals surface area contributed by atoms with Gasteiger partial charge in [-0.05, 0) is 94.6 Å². The number of aryl methyl sites for hydroxylation is 1. The summed E-state index contributed by atoms with van der Waals surface area (Å²) in [7, 11) is 0. The number of aromatic nitrogens is 1. The second-order valence-corrected chi connectivity index (χ2v) is 15.6. The van der Waals surface area contributed by atoms with Crippen LogP contribution in [0.2, 0.25) is 0 Å². The number of amides is 7. The van der Waals surface area contributed by atoms with Gasteiger partial charge in [0.05, 0.1) is 22.3 Å². The zero-order valence-electron chi connectivity index (χ0n) is 33.8. The molecule has 0 spiro atoms. The molecule has 316 valence electrons. The quantitative estimate of drug-likeness (QED) is 0.0709. The van der Waals surface area contributed by atoms with Gasteiger partial charge in [-0.1, -0.05) is 6.07 Å². The maximum absolute atomic E-state index is 13.9. The number of carbonyl (C=O) groups excluding carboxylic acids is 7. The summed E-state index contributed by atoms with van der Waals surface area (Å²) in [5.41, 5.74) is 4.82. The van der Waals surface area contributed by atoms with Crippen LogP contribution in [0.3, 0.4) is 0 Å². The van der Waals surface area contributed by atoms with Gasteiger partial charge < -0.3 is 36.1 Å². The molecule has 2 saturated heterocycles. The number of piperazine rings is 1. The van der Waals surface area contributed by atoms with Crippen LogP contribution < -0.4 is 26.6 Å². The Morgan fingerprint density at radius 3 is 2.33 bits per heavy atom. The third-order valence-corrected chi connectivity index (χ3v) is 11.5. The summed E-state index contributed by atoms with van der Waals surface area (Å²) in [4.78, 5) is 97.5. The molecule has 4 aliphatic heterocycles. The molecule has 4 aliphatic rings. The topological polar surface area (TPSA) is 205 Å². The third kappa shape index (κ3) is 9.16. The van der Waals surface area contributed by atoms with E-state index < -0.39 is 35.5 Å². The van der Waals surface area contributed by atoms with Crippen LogP contribution in [0.25, 0.3) is 11.6 Å². The van der Waals surface area contributed by atoms with Gasteiger partial charge in [0.25, 0.3) is 23.6 Å². The highest BCUT2D eigenvalue weighted by Gasteiger charge is 2.45. The van der Waals surface area contributed by atoms with E-state index in [9.17, 15) is 38.0 Å². The zero-order valence-corrected chi connectivity index (χ0v) is 33.8. The van der Waals surface area contributed by atoms with Gasteiger partial charge in [-0.2, -0.15) is 0 Å². The number of H-pyrrole nitrogens is 1. The summed E-state index contributed by atoms with van der Waals surface area (Å²) in [5.74, 6) is -3.18. The second kappa shape index (κ2) is 18.4. The van der Waals surface area contributed by atoms with E-state index in [1.807, 2.05) is 13.8 Å². The molecule has 60 heavy (non-hydrogen) atoms. The summed E-state index contributed by atoms with van der Waals surface area (Å²) in [6.45, 7) is 10.3. The highest BCUT2D eigenvalue weighted by Crippen LogP contribution is 2.35. The van der Waals surface area contributed by atoms with Gasteiger partial charge in [0.15, 0.2) is 0 Å². The molecule has 7 rings (SSSR count). The first-order chi connectivity index (χ1) is 28.9. The molecule has 2 aromatic carbocycles. The smallest absolute Gasteiger partial charge is 0.264 e. The number of hydrogen-bond acceptors (Lipinski definition) is 10. The van der Waals surface area contributed by atoms with Crippen LogP contribution >= 0.6 is 0 Å². The Kier molecular flexibility index (Phi) is 12.8. The molecule has 3 aromatic rings. The summed E-state index contributed by atoms with van der Waals surface area (Å²) in [6, 6.07) is 8.04. The minimum atomic E-state index is -1.03. The van der Waals surface area contributed by atoms with Crippen molar-refractivity contribution in [3.8, 4) is 0 Å². The zero-order chi connectivity index (χ0) is 42.5. The van der Waals surface area contributed by atoms with Crippen molar-refractivity contribution in [2.45, 2.75) is 58.4 Å². The van der Waals surface area contributed by atoms with Crippen molar-refractivity contribution < 1.29 is 38.0 Å². The minimum absolute atomic E-state index is 0.0288. The number of benzene rings is 2. The molecule has 2 fully saturated rings. The molecule has 0 saturated carbocycles. The normalized spacial score (nSPS) is 18.7. The molecular weight excluding hydrogens is 774 g/mol. The van der Waals surface area contributed by atoms with Crippen LogP contribution in [0, 0.1) is 19.7 Å². The SMILES string of the molecule is Cc1[nH]c(/C=C2\C(=O)Nc3ccc(F)cc32)c(C)c1C(=O)NCCCN1CCN(CCCC(=O)NCCCNc2cccc3c2C(=O)N(C2CCC(=O)NC2=O)C3=O)CC1. The number of rotatable bonds is 16. The lowest BCUT2D eigenvalue weighted by Crippen LogP contribution is -2.54. The first-order valence-electron chi connectivity index (χ1n) is 20.5. The molecular formula is C43H50FN9O7. The van der Waals surface area contributed by atoms with Crippen LogP contribution in [0.15, 0.2) is 36.4 Å². The average molecular weight is 824 g/mol. The van der Waals surface area contributed by atoms with E-state index in [4.69, 9.17) is 0 Å². The molecule has 1 aromatic heterocycles. The number of piperidine rings is 1. The van der Waals surface area contributed by atoms with Gasteiger partial charge in [0.2, 0.25) is 17.7 Å². The van der Waals surface area contributed by atoms with E-state index in [1.165, 1.54) is 18.2 Å². The van der Waals surface area contributed by atoms with Crippen LogP contribution in [0.4, 0.5) is 15.8 Å². The fraction of sp³-hybridized carbons (Fsp3) is 0.419. The van der Waals surface area contributed by atoms with Gasteiger partial charge in [0.1, 0.15) is 11.9 Å². The van der Waals surface area contributed by atoms with E-state index in [-0.39, 0.29) is 41.7 Å². The number of nitrogens with one attached hydrogen (secondary N) is 6. The number of imide groups is 2. The third-order valence-electron chi connectivity index (χ3n) is 11.5. The van der Waals surface area contributed by atoms with Gasteiger partial charge in [-0.3, -0.25) is 43.8 Å². The molecule has 1 unspecified atom stereocenters. The van der Waals surface area contributed by atoms with Crippen molar-refractivity contribution >= 4 is 64.4 Å². The average Bonchev–Trinajstić information content (AvgIpc) is 3.78. The van der Waals surface area contributed by atoms with Crippen LogP contribution in [0.1, 0.15) is 92.1 Å². The van der Waals surface area contributed by atoms with E-state index in [0.29, 0.717) is 77.5 Å². The second-order valence-electron chi connectivity index (χ2n) is 15.6. The molecule has 1 atom stereocenters. The number of fused-ring (bicyclic) bond motifs is 2. The van der Waals surface area contributed by atoms with Gasteiger partial charge in [0, 0.05) is 87.0 Å². The van der Waals surface area contributed by atoms with Crippen molar-refractivity contribution in [3.63, 3.8) is 0 Å². The van der Waals surface area contributed by atoms with Crippen LogP contribution in [-0.4, -0.2) is 126 Å². The highest BCUT2D eigenvalue weighted by molar-refractivity contribution is 6.35. The molecule has 7 amide bonds. The Labute approximate surface area is 346 Å². The number of anilines is 2. The van der Waals surface area contributed by atoms with Gasteiger partial charge in [-0.25, -0.2) is 4.39 Å². The van der Waals surface area contributed by atoms with Gasteiger partial charge in [-0.15, -0.1) is 0 Å². The summed E-state index contributed by atoms with van der Waals surface area (Å²) in [5, 5.41) is 14.1. The maximum atomic E-state index is 13.9. The summed E-state index contributed by atoms with van der Waals surface area (Å²) in [6.07, 6.45) is 4.33. The van der Waals surface area contributed by atoms with Crippen molar-refractivity contribution in [1.82, 2.24) is 35.6 Å². The number of hydrogen-bond donors (Lipinski definition) is 6. The van der Waals surface area contributed by atoms with E-state index in [1.54, 1.807) is 24.3 Å². The summed E-state index contributed by atoms with van der Waals surface area (Å²) >= 11 is 0.